The average molecular weight is 327 g/mol. The first-order valence-electron chi connectivity index (χ1n) is 5.92. The number of nitrogens with one attached hydrogen (secondary N) is 1. The molecule has 1 aromatic heterocycles. The minimum absolute atomic E-state index is 0.107. The fourth-order valence-corrected chi connectivity index (χ4v) is 2.73. The Kier molecular flexibility index (Phi) is 4.34. The van der Waals surface area contributed by atoms with E-state index in [4.69, 9.17) is 5.84 Å². The van der Waals surface area contributed by atoms with E-state index < -0.39 is 0 Å². The molecule has 0 aliphatic rings. The summed E-state index contributed by atoms with van der Waals surface area (Å²) in [6.45, 7) is 1.95. The number of rotatable bonds is 4. The molecule has 1 heterocycles. The van der Waals surface area contributed by atoms with Gasteiger partial charge in [0.15, 0.2) is 0 Å². The van der Waals surface area contributed by atoms with E-state index in [1.807, 2.05) is 24.7 Å². The lowest BCUT2D eigenvalue weighted by Gasteiger charge is -2.18. The van der Waals surface area contributed by atoms with Gasteiger partial charge in [-0.25, -0.2) is 4.39 Å². The Hall–Kier alpha value is -1.24. The smallest absolute Gasteiger partial charge is 0.124 e. The second-order valence-corrected chi connectivity index (χ2v) is 5.34. The number of hydrazine groups is 1. The number of halogens is 2. The van der Waals surface area contributed by atoms with Crippen LogP contribution >= 0.6 is 15.9 Å². The third-order valence-electron chi connectivity index (χ3n) is 3.05. The van der Waals surface area contributed by atoms with Crippen molar-refractivity contribution in [3.05, 3.63) is 51.5 Å². The number of hydrogen-bond donors (Lipinski definition) is 2. The molecule has 1 aromatic carbocycles. The molecule has 0 amide bonds. The van der Waals surface area contributed by atoms with Crippen LogP contribution < -0.4 is 11.3 Å². The average Bonchev–Trinajstić information content (AvgIpc) is 2.65. The quantitative estimate of drug-likeness (QED) is 0.670. The van der Waals surface area contributed by atoms with E-state index in [9.17, 15) is 4.39 Å². The van der Waals surface area contributed by atoms with Crippen LogP contribution in [0.3, 0.4) is 0 Å². The minimum Gasteiger partial charge on any atom is -0.272 e. The van der Waals surface area contributed by atoms with Crippen molar-refractivity contribution in [2.45, 2.75) is 19.4 Å². The molecule has 0 saturated heterocycles. The van der Waals surface area contributed by atoms with Crippen molar-refractivity contribution in [1.29, 1.82) is 0 Å². The Balaban J connectivity index is 2.27. The summed E-state index contributed by atoms with van der Waals surface area (Å²) < 4.78 is 15.6. The highest BCUT2D eigenvalue weighted by Gasteiger charge is 2.16. The molecule has 3 N–H and O–H groups in total. The van der Waals surface area contributed by atoms with Crippen molar-refractivity contribution >= 4 is 15.9 Å². The van der Waals surface area contributed by atoms with Crippen molar-refractivity contribution in [3.63, 3.8) is 0 Å². The summed E-state index contributed by atoms with van der Waals surface area (Å²) in [7, 11) is 1.90. The zero-order chi connectivity index (χ0) is 14.0. The van der Waals surface area contributed by atoms with E-state index in [1.165, 1.54) is 12.1 Å². The number of nitrogens with two attached hydrogens (primary N) is 1. The molecule has 0 aliphatic heterocycles. The predicted molar refractivity (Wildman–Crippen MR) is 75.8 cm³/mol. The highest BCUT2D eigenvalue weighted by atomic mass is 79.9. The molecule has 19 heavy (non-hydrogen) atoms. The summed E-state index contributed by atoms with van der Waals surface area (Å²) in [4.78, 5) is 0. The Labute approximate surface area is 119 Å². The second kappa shape index (κ2) is 5.81. The number of aryl methyl sites for hydroxylation is 2. The van der Waals surface area contributed by atoms with E-state index >= 15 is 0 Å². The van der Waals surface area contributed by atoms with Crippen molar-refractivity contribution in [2.24, 2.45) is 12.9 Å². The number of aromatic nitrogens is 2. The summed E-state index contributed by atoms with van der Waals surface area (Å²) in [5, 5.41) is 4.30. The Morgan fingerprint density at radius 1 is 1.47 bits per heavy atom. The van der Waals surface area contributed by atoms with Crippen LogP contribution in [0.2, 0.25) is 0 Å². The first kappa shape index (κ1) is 14.2. The van der Waals surface area contributed by atoms with E-state index in [0.717, 1.165) is 17.0 Å². The van der Waals surface area contributed by atoms with E-state index in [2.05, 4.69) is 26.5 Å². The molecule has 1 atom stereocenters. The van der Waals surface area contributed by atoms with E-state index in [1.54, 1.807) is 6.07 Å². The summed E-state index contributed by atoms with van der Waals surface area (Å²) in [6, 6.07) is 6.51. The van der Waals surface area contributed by atoms with Crippen LogP contribution in [0.4, 0.5) is 4.39 Å². The van der Waals surface area contributed by atoms with Crippen molar-refractivity contribution < 1.29 is 4.39 Å². The molecule has 0 radical (unpaired) electrons. The standard InChI is InChI=1S/C13H16BrFN4/c1-8-5-10(19(2)18-8)7-13(17-16)11-4-3-9(15)6-12(11)14/h3-6,13,17H,7,16H2,1-2H3. The van der Waals surface area contributed by atoms with Gasteiger partial charge in [-0.3, -0.25) is 16.0 Å². The number of hydrogen-bond acceptors (Lipinski definition) is 3. The molecule has 0 fully saturated rings. The molecule has 1 unspecified atom stereocenters. The topological polar surface area (TPSA) is 55.9 Å². The van der Waals surface area contributed by atoms with Gasteiger partial charge in [-0.15, -0.1) is 0 Å². The molecular formula is C13H16BrFN4. The third-order valence-corrected chi connectivity index (χ3v) is 3.74. The molecule has 0 aliphatic carbocycles. The molecule has 102 valence electrons. The van der Waals surface area contributed by atoms with Gasteiger partial charge in [0, 0.05) is 23.6 Å². The summed E-state index contributed by atoms with van der Waals surface area (Å²) in [5.74, 6) is 5.35. The summed E-state index contributed by atoms with van der Waals surface area (Å²) in [6.07, 6.45) is 0.679. The van der Waals surface area contributed by atoms with Gasteiger partial charge in [-0.05, 0) is 30.7 Å². The van der Waals surface area contributed by atoms with Gasteiger partial charge < -0.3 is 0 Å². The molecule has 2 aromatic rings. The summed E-state index contributed by atoms with van der Waals surface area (Å²) >= 11 is 3.37. The van der Waals surface area contributed by atoms with Gasteiger partial charge in [0.2, 0.25) is 0 Å². The highest BCUT2D eigenvalue weighted by Crippen LogP contribution is 2.26. The van der Waals surface area contributed by atoms with Crippen LogP contribution in [-0.2, 0) is 13.5 Å². The van der Waals surface area contributed by atoms with Crippen LogP contribution in [0.1, 0.15) is 23.0 Å². The molecule has 2 rings (SSSR count). The largest absolute Gasteiger partial charge is 0.272 e. The van der Waals surface area contributed by atoms with E-state index in [-0.39, 0.29) is 11.9 Å². The van der Waals surface area contributed by atoms with Gasteiger partial charge in [0.25, 0.3) is 0 Å². The predicted octanol–water partition coefficient (Wildman–Crippen LogP) is 2.38. The highest BCUT2D eigenvalue weighted by molar-refractivity contribution is 9.10. The lowest BCUT2D eigenvalue weighted by Crippen LogP contribution is -2.30. The maximum Gasteiger partial charge on any atom is 0.124 e. The van der Waals surface area contributed by atoms with Crippen LogP contribution in [-0.4, -0.2) is 9.78 Å². The zero-order valence-corrected chi connectivity index (χ0v) is 12.4. The summed E-state index contributed by atoms with van der Waals surface area (Å²) in [5.41, 5.74) is 5.72. The van der Waals surface area contributed by atoms with Gasteiger partial charge in [0.05, 0.1) is 11.7 Å². The van der Waals surface area contributed by atoms with Crippen molar-refractivity contribution in [3.8, 4) is 0 Å². The number of nitrogens with zero attached hydrogens (tertiary/aromatic N) is 2. The van der Waals surface area contributed by atoms with Gasteiger partial charge >= 0.3 is 0 Å². The SMILES string of the molecule is Cc1cc(CC(NN)c2ccc(F)cc2Br)n(C)n1. The minimum atomic E-state index is -0.275. The molecular weight excluding hydrogens is 311 g/mol. The molecule has 0 spiro atoms. The monoisotopic (exact) mass is 326 g/mol. The number of benzene rings is 1. The van der Waals surface area contributed by atoms with Gasteiger partial charge in [-0.1, -0.05) is 22.0 Å². The maximum atomic E-state index is 13.1. The molecule has 0 bridgehead atoms. The van der Waals surface area contributed by atoms with Crippen LogP contribution in [0.15, 0.2) is 28.7 Å². The fourth-order valence-electron chi connectivity index (χ4n) is 2.11. The molecule has 6 heteroatoms. The third kappa shape index (κ3) is 3.20. The van der Waals surface area contributed by atoms with Crippen LogP contribution in [0, 0.1) is 12.7 Å². The Morgan fingerprint density at radius 3 is 2.74 bits per heavy atom. The lowest BCUT2D eigenvalue weighted by molar-refractivity contribution is 0.526. The lowest BCUT2D eigenvalue weighted by atomic mass is 10.0. The molecule has 0 saturated carbocycles. The fraction of sp³-hybridized carbons (Fsp3) is 0.308. The Bertz CT molecular complexity index is 582. The van der Waals surface area contributed by atoms with Crippen molar-refractivity contribution in [1.82, 2.24) is 15.2 Å². The van der Waals surface area contributed by atoms with Crippen LogP contribution in [0.25, 0.3) is 0 Å². The van der Waals surface area contributed by atoms with E-state index in [0.29, 0.717) is 10.9 Å². The van der Waals surface area contributed by atoms with Gasteiger partial charge in [-0.2, -0.15) is 5.10 Å². The first-order valence-corrected chi connectivity index (χ1v) is 6.71. The second-order valence-electron chi connectivity index (χ2n) is 4.49. The molecule has 4 nitrogen and oxygen atoms in total. The maximum absolute atomic E-state index is 13.1. The van der Waals surface area contributed by atoms with Crippen LogP contribution in [0.5, 0.6) is 0 Å². The normalized spacial score (nSPS) is 12.7. The van der Waals surface area contributed by atoms with Crippen molar-refractivity contribution in [2.75, 3.05) is 0 Å². The Morgan fingerprint density at radius 2 is 2.21 bits per heavy atom. The first-order chi connectivity index (χ1) is 9.01. The van der Waals surface area contributed by atoms with Gasteiger partial charge in [0.1, 0.15) is 5.82 Å². The zero-order valence-electron chi connectivity index (χ0n) is 10.8.